The maximum Gasteiger partial charge on any atom is -0.00316 e. The zero-order chi connectivity index (χ0) is 12.0. The number of benzene rings is 1. The molecule has 0 amide bonds. The molecule has 0 aliphatic carbocycles. The second-order valence-corrected chi connectivity index (χ2v) is 4.18. The van der Waals surface area contributed by atoms with Crippen LogP contribution in [0.15, 0.2) is 60.7 Å². The summed E-state index contributed by atoms with van der Waals surface area (Å²) in [7, 11) is 0. The van der Waals surface area contributed by atoms with Gasteiger partial charge >= 0.3 is 0 Å². The highest BCUT2D eigenvalue weighted by molar-refractivity contribution is 5.31. The molecule has 0 aliphatic heterocycles. The Hall–Kier alpha value is -1.56. The van der Waals surface area contributed by atoms with Crippen LogP contribution in [-0.2, 0) is 12.8 Å². The largest absolute Gasteiger partial charge is 0.0961 e. The fourth-order valence-electron chi connectivity index (χ4n) is 1.47. The maximum absolute atomic E-state index is 4.04. The van der Waals surface area contributed by atoms with Crippen LogP contribution in [0.1, 0.15) is 25.0 Å². The van der Waals surface area contributed by atoms with Crippen LogP contribution in [0.3, 0.4) is 0 Å². The average Bonchev–Trinajstić information content (AvgIpc) is 2.27. The van der Waals surface area contributed by atoms with Gasteiger partial charge in [-0.15, -0.1) is 0 Å². The van der Waals surface area contributed by atoms with Gasteiger partial charge in [0, 0.05) is 0 Å². The first-order valence-electron chi connectivity index (χ1n) is 5.71. The van der Waals surface area contributed by atoms with Gasteiger partial charge in [0.25, 0.3) is 0 Å². The van der Waals surface area contributed by atoms with E-state index in [9.17, 15) is 0 Å². The number of allylic oxidation sites excluding steroid dienone is 4. The van der Waals surface area contributed by atoms with Crippen LogP contribution in [0.4, 0.5) is 0 Å². The average molecular weight is 212 g/mol. The van der Waals surface area contributed by atoms with Gasteiger partial charge in [0.15, 0.2) is 0 Å². The van der Waals surface area contributed by atoms with Crippen molar-refractivity contribution in [3.05, 3.63) is 71.8 Å². The Balaban J connectivity index is 2.59. The van der Waals surface area contributed by atoms with Gasteiger partial charge in [-0.25, -0.2) is 0 Å². The van der Waals surface area contributed by atoms with Gasteiger partial charge in [-0.2, -0.15) is 0 Å². The second-order valence-electron chi connectivity index (χ2n) is 4.18. The lowest BCUT2D eigenvalue weighted by Crippen LogP contribution is -1.88. The standard InChI is InChI=1S/C16H20/c1-5-15-8-10-16(11-9-15)12-14(4)7-6-13(2)3/h6-11H,2,4-5,12H2,1,3H3/b7-6-. The number of aryl methyl sites for hydroxylation is 1. The van der Waals surface area contributed by atoms with Crippen LogP contribution in [0.5, 0.6) is 0 Å². The van der Waals surface area contributed by atoms with Crippen molar-refractivity contribution < 1.29 is 0 Å². The summed E-state index contributed by atoms with van der Waals surface area (Å²) in [5, 5.41) is 0. The highest BCUT2D eigenvalue weighted by Crippen LogP contribution is 2.10. The lowest BCUT2D eigenvalue weighted by atomic mass is 10.0. The summed E-state index contributed by atoms with van der Waals surface area (Å²) in [5.74, 6) is 0. The molecular formula is C16H20. The monoisotopic (exact) mass is 212 g/mol. The third-order valence-electron chi connectivity index (χ3n) is 2.47. The highest BCUT2D eigenvalue weighted by atomic mass is 14.0. The molecule has 0 heterocycles. The zero-order valence-electron chi connectivity index (χ0n) is 10.3. The first kappa shape index (κ1) is 12.5. The van der Waals surface area contributed by atoms with E-state index in [1.54, 1.807) is 0 Å². The molecule has 0 nitrogen and oxygen atoms in total. The molecule has 0 unspecified atom stereocenters. The van der Waals surface area contributed by atoms with Gasteiger partial charge in [-0.3, -0.25) is 0 Å². The molecule has 0 saturated carbocycles. The minimum Gasteiger partial charge on any atom is -0.0961 e. The molecule has 16 heavy (non-hydrogen) atoms. The van der Waals surface area contributed by atoms with Crippen LogP contribution < -0.4 is 0 Å². The summed E-state index contributed by atoms with van der Waals surface area (Å²) in [5.41, 5.74) is 4.87. The van der Waals surface area contributed by atoms with Crippen molar-refractivity contribution in [2.75, 3.05) is 0 Å². The van der Waals surface area contributed by atoms with Crippen LogP contribution in [0, 0.1) is 0 Å². The quantitative estimate of drug-likeness (QED) is 0.631. The lowest BCUT2D eigenvalue weighted by molar-refractivity contribution is 1.12. The van der Waals surface area contributed by atoms with E-state index in [0.717, 1.165) is 24.0 Å². The van der Waals surface area contributed by atoms with Crippen molar-refractivity contribution in [3.8, 4) is 0 Å². The molecule has 0 aromatic heterocycles. The molecule has 1 aromatic rings. The Kier molecular flexibility index (Phi) is 4.78. The predicted molar refractivity (Wildman–Crippen MR) is 72.6 cm³/mol. The van der Waals surface area contributed by atoms with Crippen LogP contribution in [-0.4, -0.2) is 0 Å². The van der Waals surface area contributed by atoms with Gasteiger partial charge in [0.05, 0.1) is 0 Å². The molecule has 0 aliphatic rings. The van der Waals surface area contributed by atoms with Crippen LogP contribution in [0.2, 0.25) is 0 Å². The highest BCUT2D eigenvalue weighted by Gasteiger charge is 1.95. The Bertz CT molecular complexity index is 391. The van der Waals surface area contributed by atoms with E-state index in [0.29, 0.717) is 0 Å². The molecule has 0 radical (unpaired) electrons. The first-order chi connectivity index (χ1) is 7.61. The van der Waals surface area contributed by atoms with Gasteiger partial charge in [0.2, 0.25) is 0 Å². The second kappa shape index (κ2) is 6.12. The van der Waals surface area contributed by atoms with Crippen molar-refractivity contribution in [2.24, 2.45) is 0 Å². The summed E-state index contributed by atoms with van der Waals surface area (Å²) >= 11 is 0. The topological polar surface area (TPSA) is 0 Å². The van der Waals surface area contributed by atoms with E-state index in [2.05, 4.69) is 44.3 Å². The first-order valence-corrected chi connectivity index (χ1v) is 5.71. The Morgan fingerprint density at radius 2 is 1.62 bits per heavy atom. The molecule has 0 atom stereocenters. The van der Waals surface area contributed by atoms with Gasteiger partial charge < -0.3 is 0 Å². The summed E-state index contributed by atoms with van der Waals surface area (Å²) < 4.78 is 0. The summed E-state index contributed by atoms with van der Waals surface area (Å²) in [4.78, 5) is 0. The number of hydrogen-bond acceptors (Lipinski definition) is 0. The van der Waals surface area contributed by atoms with E-state index in [1.807, 2.05) is 19.1 Å². The van der Waals surface area contributed by atoms with E-state index in [1.165, 1.54) is 11.1 Å². The smallest absolute Gasteiger partial charge is 0.00316 e. The lowest BCUT2D eigenvalue weighted by Gasteiger charge is -2.02. The van der Waals surface area contributed by atoms with Crippen molar-refractivity contribution >= 4 is 0 Å². The van der Waals surface area contributed by atoms with E-state index < -0.39 is 0 Å². The molecule has 0 heteroatoms. The molecule has 84 valence electrons. The van der Waals surface area contributed by atoms with E-state index >= 15 is 0 Å². The maximum atomic E-state index is 4.04. The summed E-state index contributed by atoms with van der Waals surface area (Å²) in [6.07, 6.45) is 6.05. The van der Waals surface area contributed by atoms with Crippen molar-refractivity contribution in [1.29, 1.82) is 0 Å². The number of rotatable bonds is 5. The fraction of sp³-hybridized carbons (Fsp3) is 0.250. The van der Waals surface area contributed by atoms with Crippen LogP contribution in [0.25, 0.3) is 0 Å². The molecular weight excluding hydrogens is 192 g/mol. The SMILES string of the molecule is C=C(C)/C=C\C(=C)Cc1ccc(CC)cc1. The zero-order valence-corrected chi connectivity index (χ0v) is 10.3. The van der Waals surface area contributed by atoms with Gasteiger partial charge in [-0.05, 0) is 30.9 Å². The third-order valence-corrected chi connectivity index (χ3v) is 2.47. The van der Waals surface area contributed by atoms with Gasteiger partial charge in [-0.1, -0.05) is 67.6 Å². The molecule has 0 fully saturated rings. The fourth-order valence-corrected chi connectivity index (χ4v) is 1.47. The van der Waals surface area contributed by atoms with Crippen molar-refractivity contribution in [3.63, 3.8) is 0 Å². The molecule has 0 saturated heterocycles. The van der Waals surface area contributed by atoms with Crippen LogP contribution >= 0.6 is 0 Å². The van der Waals surface area contributed by atoms with E-state index in [4.69, 9.17) is 0 Å². The molecule has 0 N–H and O–H groups in total. The Morgan fingerprint density at radius 3 is 2.12 bits per heavy atom. The molecule has 1 aromatic carbocycles. The normalized spacial score (nSPS) is 10.6. The van der Waals surface area contributed by atoms with Crippen molar-refractivity contribution in [2.45, 2.75) is 26.7 Å². The molecule has 0 bridgehead atoms. The minimum atomic E-state index is 0.910. The Labute approximate surface area is 99.0 Å². The predicted octanol–water partition coefficient (Wildman–Crippen LogP) is 4.48. The minimum absolute atomic E-state index is 0.910. The van der Waals surface area contributed by atoms with E-state index in [-0.39, 0.29) is 0 Å². The summed E-state index contributed by atoms with van der Waals surface area (Å²) in [6.45, 7) is 12.0. The molecule has 0 spiro atoms. The van der Waals surface area contributed by atoms with Gasteiger partial charge in [0.1, 0.15) is 0 Å². The molecule has 1 rings (SSSR count). The van der Waals surface area contributed by atoms with Crippen molar-refractivity contribution in [1.82, 2.24) is 0 Å². The summed E-state index contributed by atoms with van der Waals surface area (Å²) in [6, 6.07) is 8.73. The third kappa shape index (κ3) is 4.31. The number of hydrogen-bond donors (Lipinski definition) is 0. The Morgan fingerprint density at radius 1 is 1.06 bits per heavy atom.